The van der Waals surface area contributed by atoms with Gasteiger partial charge in [-0.15, -0.1) is 11.3 Å². The summed E-state index contributed by atoms with van der Waals surface area (Å²) in [5.74, 6) is 0.107. The average molecular weight is 343 g/mol. The molecule has 1 heterocycles. The Bertz CT molecular complexity index is 713. The first kappa shape index (κ1) is 18.1. The van der Waals surface area contributed by atoms with Crippen LogP contribution < -0.4 is 5.32 Å². The maximum Gasteiger partial charge on any atom is 0.225 e. The first-order chi connectivity index (χ1) is 11.6. The molecule has 5 nitrogen and oxygen atoms in total. The van der Waals surface area contributed by atoms with E-state index in [-0.39, 0.29) is 24.9 Å². The summed E-state index contributed by atoms with van der Waals surface area (Å²) in [4.78, 5) is 17.1. The van der Waals surface area contributed by atoms with E-state index in [2.05, 4.69) is 29.5 Å². The van der Waals surface area contributed by atoms with Gasteiger partial charge in [-0.1, -0.05) is 13.2 Å². The molecule has 0 spiro atoms. The Labute approximate surface area is 146 Å². The van der Waals surface area contributed by atoms with Crippen LogP contribution in [0, 0.1) is 17.2 Å². The SMILES string of the molecule is C=CN=CC(=C)CCC(=O)Nc1sc2c(c1C#N)CCC(CO)C2. The van der Waals surface area contributed by atoms with Gasteiger partial charge in [0.15, 0.2) is 0 Å². The number of fused-ring (bicyclic) bond motifs is 1. The molecular formula is C18H21N3O2S. The summed E-state index contributed by atoms with van der Waals surface area (Å²) < 4.78 is 0. The summed E-state index contributed by atoms with van der Waals surface area (Å²) in [6, 6.07) is 2.22. The molecule has 0 radical (unpaired) electrons. The van der Waals surface area contributed by atoms with Gasteiger partial charge in [0.2, 0.25) is 5.91 Å². The molecule has 1 aromatic heterocycles. The highest BCUT2D eigenvalue weighted by molar-refractivity contribution is 7.16. The third-order valence-corrected chi connectivity index (χ3v) is 5.20. The van der Waals surface area contributed by atoms with Gasteiger partial charge in [-0.2, -0.15) is 5.26 Å². The molecule has 1 aliphatic rings. The van der Waals surface area contributed by atoms with Crippen molar-refractivity contribution in [2.75, 3.05) is 11.9 Å². The minimum atomic E-state index is -0.142. The topological polar surface area (TPSA) is 85.5 Å². The quantitative estimate of drug-likeness (QED) is 0.746. The molecule has 0 aliphatic heterocycles. The molecule has 126 valence electrons. The summed E-state index contributed by atoms with van der Waals surface area (Å²) in [5, 5.41) is 22.2. The number of allylic oxidation sites excluding steroid dienone is 1. The molecule has 0 saturated carbocycles. The molecule has 0 fully saturated rings. The van der Waals surface area contributed by atoms with Crippen molar-refractivity contribution in [2.45, 2.75) is 32.1 Å². The van der Waals surface area contributed by atoms with Gasteiger partial charge in [0, 0.05) is 30.3 Å². The van der Waals surface area contributed by atoms with E-state index < -0.39 is 0 Å². The number of anilines is 1. The van der Waals surface area contributed by atoms with Crippen molar-refractivity contribution in [3.8, 4) is 6.07 Å². The Hall–Kier alpha value is -2.23. The highest BCUT2D eigenvalue weighted by Gasteiger charge is 2.26. The Kier molecular flexibility index (Phi) is 6.47. The lowest BCUT2D eigenvalue weighted by Gasteiger charge is -2.19. The normalized spacial score (nSPS) is 16.4. The van der Waals surface area contributed by atoms with E-state index in [9.17, 15) is 15.2 Å². The zero-order valence-corrected chi connectivity index (χ0v) is 14.4. The number of carbonyl (C=O) groups excluding carboxylic acids is 1. The number of thiophene rings is 1. The average Bonchev–Trinajstić information content (AvgIpc) is 2.93. The lowest BCUT2D eigenvalue weighted by molar-refractivity contribution is -0.116. The zero-order valence-electron chi connectivity index (χ0n) is 13.5. The van der Waals surface area contributed by atoms with Crippen molar-refractivity contribution in [3.05, 3.63) is 40.9 Å². The van der Waals surface area contributed by atoms with E-state index in [1.165, 1.54) is 17.5 Å². The zero-order chi connectivity index (χ0) is 17.5. The van der Waals surface area contributed by atoms with Crippen LogP contribution in [0.5, 0.6) is 0 Å². The number of nitriles is 1. The van der Waals surface area contributed by atoms with Crippen molar-refractivity contribution < 1.29 is 9.90 Å². The van der Waals surface area contributed by atoms with Gasteiger partial charge in [-0.3, -0.25) is 9.79 Å². The molecule has 1 aromatic rings. The van der Waals surface area contributed by atoms with Gasteiger partial charge in [0.25, 0.3) is 0 Å². The van der Waals surface area contributed by atoms with E-state index in [0.29, 0.717) is 17.0 Å². The van der Waals surface area contributed by atoms with Crippen molar-refractivity contribution in [1.29, 1.82) is 5.26 Å². The number of aliphatic imine (C=N–C) groups is 1. The highest BCUT2D eigenvalue weighted by atomic mass is 32.1. The smallest absolute Gasteiger partial charge is 0.225 e. The monoisotopic (exact) mass is 343 g/mol. The first-order valence-electron chi connectivity index (χ1n) is 7.86. The predicted molar refractivity (Wildman–Crippen MR) is 97.3 cm³/mol. The van der Waals surface area contributed by atoms with E-state index in [4.69, 9.17) is 0 Å². The summed E-state index contributed by atoms with van der Waals surface area (Å²) in [6.45, 7) is 7.47. The van der Waals surface area contributed by atoms with Crippen molar-refractivity contribution in [2.24, 2.45) is 10.9 Å². The molecule has 2 N–H and O–H groups in total. The second-order valence-corrected chi connectivity index (χ2v) is 6.88. The lowest BCUT2D eigenvalue weighted by Crippen LogP contribution is -2.16. The number of nitrogens with one attached hydrogen (secondary N) is 1. The molecule has 1 amide bonds. The fourth-order valence-electron chi connectivity index (χ4n) is 2.70. The Morgan fingerprint density at radius 2 is 2.33 bits per heavy atom. The summed E-state index contributed by atoms with van der Waals surface area (Å²) in [6.07, 6.45) is 6.23. The van der Waals surface area contributed by atoms with Crippen LogP contribution in [0.3, 0.4) is 0 Å². The van der Waals surface area contributed by atoms with E-state index in [0.717, 1.165) is 35.3 Å². The van der Waals surface area contributed by atoms with E-state index >= 15 is 0 Å². The lowest BCUT2D eigenvalue weighted by atomic mass is 9.88. The van der Waals surface area contributed by atoms with Crippen LogP contribution in [-0.2, 0) is 17.6 Å². The van der Waals surface area contributed by atoms with Crippen molar-refractivity contribution >= 4 is 28.5 Å². The highest BCUT2D eigenvalue weighted by Crippen LogP contribution is 2.39. The number of hydrogen-bond donors (Lipinski definition) is 2. The second-order valence-electron chi connectivity index (χ2n) is 5.78. The Morgan fingerprint density at radius 1 is 1.54 bits per heavy atom. The number of aliphatic hydroxyl groups excluding tert-OH is 1. The molecular weight excluding hydrogens is 322 g/mol. The minimum absolute atomic E-state index is 0.142. The van der Waals surface area contributed by atoms with Crippen LogP contribution in [-0.4, -0.2) is 23.8 Å². The molecule has 24 heavy (non-hydrogen) atoms. The van der Waals surface area contributed by atoms with Gasteiger partial charge < -0.3 is 10.4 Å². The largest absolute Gasteiger partial charge is 0.396 e. The maximum absolute atomic E-state index is 12.1. The number of carbonyl (C=O) groups is 1. The third-order valence-electron chi connectivity index (χ3n) is 4.03. The second kappa shape index (κ2) is 8.57. The number of aliphatic hydroxyl groups is 1. The molecule has 0 bridgehead atoms. The van der Waals surface area contributed by atoms with Crippen LogP contribution in [0.1, 0.15) is 35.3 Å². The van der Waals surface area contributed by atoms with Gasteiger partial charge in [0.05, 0.1) is 5.56 Å². The van der Waals surface area contributed by atoms with E-state index in [1.807, 2.05) is 0 Å². The maximum atomic E-state index is 12.1. The molecule has 6 heteroatoms. The molecule has 0 aromatic carbocycles. The third kappa shape index (κ3) is 4.40. The number of rotatable bonds is 7. The fraction of sp³-hybridized carbons (Fsp3) is 0.389. The number of amides is 1. The fourth-order valence-corrected chi connectivity index (χ4v) is 4.03. The van der Waals surface area contributed by atoms with Crippen molar-refractivity contribution in [1.82, 2.24) is 0 Å². The molecule has 1 atom stereocenters. The van der Waals surface area contributed by atoms with Crippen LogP contribution in [0.2, 0.25) is 0 Å². The molecule has 1 aliphatic carbocycles. The summed E-state index contributed by atoms with van der Waals surface area (Å²) in [5.41, 5.74) is 2.36. The van der Waals surface area contributed by atoms with Crippen LogP contribution >= 0.6 is 11.3 Å². The minimum Gasteiger partial charge on any atom is -0.396 e. The standard InChI is InChI=1S/C18H21N3O2S/c1-3-20-10-12(2)4-7-17(23)21-18-15(9-19)14-6-5-13(11-22)8-16(14)24-18/h3,10,13,22H,1-2,4-8,11H2,(H,21,23). The van der Waals surface area contributed by atoms with Crippen LogP contribution in [0.4, 0.5) is 5.00 Å². The van der Waals surface area contributed by atoms with Crippen molar-refractivity contribution in [3.63, 3.8) is 0 Å². The van der Waals surface area contributed by atoms with Gasteiger partial charge in [-0.25, -0.2) is 0 Å². The predicted octanol–water partition coefficient (Wildman–Crippen LogP) is 3.21. The summed E-state index contributed by atoms with van der Waals surface area (Å²) in [7, 11) is 0. The van der Waals surface area contributed by atoms with Gasteiger partial charge in [-0.05, 0) is 42.7 Å². The molecule has 0 saturated heterocycles. The number of nitrogens with zero attached hydrogens (tertiary/aromatic N) is 2. The first-order valence-corrected chi connectivity index (χ1v) is 8.67. The van der Waals surface area contributed by atoms with E-state index in [1.54, 1.807) is 6.21 Å². The van der Waals surface area contributed by atoms with Gasteiger partial charge in [0.1, 0.15) is 11.1 Å². The number of hydrogen-bond acceptors (Lipinski definition) is 5. The summed E-state index contributed by atoms with van der Waals surface area (Å²) >= 11 is 1.45. The van der Waals surface area contributed by atoms with Crippen LogP contribution in [0.25, 0.3) is 0 Å². The molecule has 2 rings (SSSR count). The Morgan fingerprint density at radius 3 is 3.00 bits per heavy atom. The molecule has 1 unspecified atom stereocenters. The van der Waals surface area contributed by atoms with Gasteiger partial charge >= 0.3 is 0 Å². The Balaban J connectivity index is 2.02. The van der Waals surface area contributed by atoms with Crippen LogP contribution in [0.15, 0.2) is 29.9 Å².